The van der Waals surface area contributed by atoms with Crippen molar-refractivity contribution < 1.29 is 9.59 Å². The maximum absolute atomic E-state index is 12.8. The Labute approximate surface area is 134 Å². The maximum Gasteiger partial charge on any atom is 0.263 e. The topological polar surface area (TPSA) is 63.4 Å². The first-order chi connectivity index (χ1) is 10.2. The molecule has 0 bridgehead atoms. The van der Waals surface area contributed by atoms with E-state index in [1.807, 2.05) is 32.0 Å². The van der Waals surface area contributed by atoms with E-state index in [9.17, 15) is 9.59 Å². The number of aryl methyl sites for hydroxylation is 2. The number of benzene rings is 1. The first kappa shape index (κ1) is 16.2. The number of thiophene rings is 1. The number of ketones is 1. The second-order valence-electron chi connectivity index (χ2n) is 5.64. The van der Waals surface area contributed by atoms with Crippen molar-refractivity contribution in [3.8, 4) is 0 Å². The fourth-order valence-electron chi connectivity index (χ4n) is 2.43. The van der Waals surface area contributed by atoms with Gasteiger partial charge in [-0.05, 0) is 31.9 Å². The van der Waals surface area contributed by atoms with E-state index < -0.39 is 0 Å². The number of rotatable bonds is 3. The van der Waals surface area contributed by atoms with Crippen LogP contribution in [-0.4, -0.2) is 30.7 Å². The minimum Gasteiger partial charge on any atom is -0.390 e. The lowest BCUT2D eigenvalue weighted by atomic mass is 9.96. The van der Waals surface area contributed by atoms with Crippen LogP contribution in [0.2, 0.25) is 0 Å². The van der Waals surface area contributed by atoms with Gasteiger partial charge in [-0.3, -0.25) is 9.59 Å². The second-order valence-corrected chi connectivity index (χ2v) is 6.69. The van der Waals surface area contributed by atoms with Crippen LogP contribution >= 0.6 is 11.3 Å². The third-order valence-electron chi connectivity index (χ3n) is 3.63. The third kappa shape index (κ3) is 2.76. The number of nitrogens with zero attached hydrogens (tertiary/aromatic N) is 1. The molecule has 2 N–H and O–H groups in total. The Bertz CT molecular complexity index is 760. The lowest BCUT2D eigenvalue weighted by Crippen LogP contribution is -2.21. The van der Waals surface area contributed by atoms with Crippen molar-refractivity contribution >= 4 is 28.0 Å². The van der Waals surface area contributed by atoms with E-state index in [2.05, 4.69) is 0 Å². The van der Waals surface area contributed by atoms with Crippen molar-refractivity contribution in [1.29, 1.82) is 0 Å². The minimum atomic E-state index is -0.131. The lowest BCUT2D eigenvalue weighted by Gasteiger charge is -2.10. The molecule has 0 unspecified atom stereocenters. The smallest absolute Gasteiger partial charge is 0.263 e. The molecule has 0 aliphatic carbocycles. The zero-order valence-electron chi connectivity index (χ0n) is 13.5. The Morgan fingerprint density at radius 2 is 1.77 bits per heavy atom. The van der Waals surface area contributed by atoms with E-state index in [-0.39, 0.29) is 11.7 Å². The summed E-state index contributed by atoms with van der Waals surface area (Å²) in [4.78, 5) is 27.0. The number of nitrogens with two attached hydrogens (primary N) is 1. The first-order valence-corrected chi connectivity index (χ1v) is 7.78. The van der Waals surface area contributed by atoms with Gasteiger partial charge in [0.1, 0.15) is 0 Å². The summed E-state index contributed by atoms with van der Waals surface area (Å²) >= 11 is 1.18. The molecule has 1 heterocycles. The largest absolute Gasteiger partial charge is 0.390 e. The lowest BCUT2D eigenvalue weighted by molar-refractivity contribution is 0.0831. The molecular formula is C17H20N2O2S. The highest BCUT2D eigenvalue weighted by molar-refractivity contribution is 7.18. The van der Waals surface area contributed by atoms with E-state index in [4.69, 9.17) is 5.73 Å². The molecule has 1 aromatic heterocycles. The van der Waals surface area contributed by atoms with Crippen molar-refractivity contribution in [3.63, 3.8) is 0 Å². The summed E-state index contributed by atoms with van der Waals surface area (Å²) in [6.45, 7) is 5.67. The highest BCUT2D eigenvalue weighted by Crippen LogP contribution is 2.33. The monoisotopic (exact) mass is 316 g/mol. The zero-order valence-corrected chi connectivity index (χ0v) is 14.3. The highest BCUT2D eigenvalue weighted by atomic mass is 32.1. The summed E-state index contributed by atoms with van der Waals surface area (Å²) in [6, 6.07) is 5.69. The van der Waals surface area contributed by atoms with Crippen molar-refractivity contribution in [2.75, 3.05) is 19.8 Å². The van der Waals surface area contributed by atoms with Crippen LogP contribution in [0.1, 0.15) is 42.3 Å². The number of hydrogen-bond donors (Lipinski definition) is 1. The quantitative estimate of drug-likeness (QED) is 0.885. The normalized spacial score (nSPS) is 10.6. The molecule has 0 fully saturated rings. The number of anilines is 1. The summed E-state index contributed by atoms with van der Waals surface area (Å²) < 4.78 is 0. The van der Waals surface area contributed by atoms with E-state index in [0.29, 0.717) is 26.6 Å². The van der Waals surface area contributed by atoms with Gasteiger partial charge < -0.3 is 10.6 Å². The summed E-state index contributed by atoms with van der Waals surface area (Å²) in [7, 11) is 3.37. The first-order valence-electron chi connectivity index (χ1n) is 6.96. The van der Waals surface area contributed by atoms with E-state index in [0.717, 1.165) is 11.1 Å². The van der Waals surface area contributed by atoms with Gasteiger partial charge in [0.2, 0.25) is 0 Å². The molecule has 22 heavy (non-hydrogen) atoms. The van der Waals surface area contributed by atoms with E-state index in [1.165, 1.54) is 16.2 Å². The molecule has 2 aromatic rings. The summed E-state index contributed by atoms with van der Waals surface area (Å²) in [5.74, 6) is -0.254. The third-order valence-corrected chi connectivity index (χ3v) is 4.74. The molecule has 0 saturated carbocycles. The molecule has 0 saturated heterocycles. The average molecular weight is 316 g/mol. The van der Waals surface area contributed by atoms with Crippen LogP contribution in [-0.2, 0) is 0 Å². The molecule has 1 aromatic carbocycles. The van der Waals surface area contributed by atoms with Gasteiger partial charge in [0, 0.05) is 19.7 Å². The van der Waals surface area contributed by atoms with Gasteiger partial charge in [-0.2, -0.15) is 0 Å². The zero-order chi connectivity index (χ0) is 16.6. The molecule has 5 heteroatoms. The predicted molar refractivity (Wildman–Crippen MR) is 90.8 cm³/mol. The fraction of sp³-hybridized carbons (Fsp3) is 0.294. The van der Waals surface area contributed by atoms with Crippen LogP contribution in [0.4, 0.5) is 5.00 Å². The van der Waals surface area contributed by atoms with Crippen LogP contribution in [0, 0.1) is 20.8 Å². The molecule has 4 nitrogen and oxygen atoms in total. The van der Waals surface area contributed by atoms with Gasteiger partial charge in [-0.25, -0.2) is 0 Å². The second kappa shape index (κ2) is 5.93. The minimum absolute atomic E-state index is 0.124. The molecule has 0 radical (unpaired) electrons. The Morgan fingerprint density at radius 3 is 2.32 bits per heavy atom. The molecule has 0 spiro atoms. The standard InChI is InChI=1S/C17H20N2O2S/c1-9-6-7-12(10(2)8-9)14(20)13-11(3)15(22-16(13)18)17(21)19(4)5/h6-8H,18H2,1-5H3. The number of hydrogen-bond acceptors (Lipinski definition) is 4. The predicted octanol–water partition coefficient (Wildman–Crippen LogP) is 3.19. The van der Waals surface area contributed by atoms with Gasteiger partial charge in [0.25, 0.3) is 5.91 Å². The van der Waals surface area contributed by atoms with Crippen molar-refractivity contribution in [2.45, 2.75) is 20.8 Å². The molecular weight excluding hydrogens is 296 g/mol. The average Bonchev–Trinajstić information content (AvgIpc) is 2.72. The Balaban J connectivity index is 2.53. The summed E-state index contributed by atoms with van der Waals surface area (Å²) in [5.41, 5.74) is 9.77. The molecule has 0 aliphatic heterocycles. The maximum atomic E-state index is 12.8. The Hall–Kier alpha value is -2.14. The van der Waals surface area contributed by atoms with Crippen LogP contribution in [0.15, 0.2) is 18.2 Å². The van der Waals surface area contributed by atoms with Crippen molar-refractivity contribution in [3.05, 3.63) is 50.9 Å². The van der Waals surface area contributed by atoms with Gasteiger partial charge in [-0.1, -0.05) is 23.8 Å². The van der Waals surface area contributed by atoms with Crippen LogP contribution in [0.25, 0.3) is 0 Å². The highest BCUT2D eigenvalue weighted by Gasteiger charge is 2.25. The number of nitrogen functional groups attached to an aromatic ring is 1. The van der Waals surface area contributed by atoms with Crippen LogP contribution < -0.4 is 5.73 Å². The van der Waals surface area contributed by atoms with Gasteiger partial charge in [0.15, 0.2) is 5.78 Å². The summed E-state index contributed by atoms with van der Waals surface area (Å²) in [6.07, 6.45) is 0. The van der Waals surface area contributed by atoms with Crippen molar-refractivity contribution in [2.24, 2.45) is 0 Å². The molecule has 1 amide bonds. The van der Waals surface area contributed by atoms with Gasteiger partial charge in [-0.15, -0.1) is 11.3 Å². The van der Waals surface area contributed by atoms with Crippen LogP contribution in [0.3, 0.4) is 0 Å². The number of amides is 1. The van der Waals surface area contributed by atoms with Gasteiger partial charge in [0.05, 0.1) is 15.4 Å². The Kier molecular flexibility index (Phi) is 4.37. The van der Waals surface area contributed by atoms with E-state index >= 15 is 0 Å². The fourth-order valence-corrected chi connectivity index (χ4v) is 3.52. The molecule has 0 aliphatic rings. The number of carbonyl (C=O) groups excluding carboxylic acids is 2. The molecule has 116 valence electrons. The van der Waals surface area contributed by atoms with Crippen molar-refractivity contribution in [1.82, 2.24) is 4.90 Å². The summed E-state index contributed by atoms with van der Waals surface area (Å²) in [5, 5.41) is 0.396. The van der Waals surface area contributed by atoms with Crippen LogP contribution in [0.5, 0.6) is 0 Å². The molecule has 2 rings (SSSR count). The van der Waals surface area contributed by atoms with Gasteiger partial charge >= 0.3 is 0 Å². The SMILES string of the molecule is Cc1ccc(C(=O)c2c(N)sc(C(=O)N(C)C)c2C)c(C)c1. The number of carbonyl (C=O) groups is 2. The molecule has 0 atom stereocenters. The van der Waals surface area contributed by atoms with E-state index in [1.54, 1.807) is 21.0 Å². The Morgan fingerprint density at radius 1 is 1.14 bits per heavy atom.